The number of nitrogens with zero attached hydrogens (tertiary/aromatic N) is 1. The van der Waals surface area contributed by atoms with Gasteiger partial charge in [0.05, 0.1) is 0 Å². The van der Waals surface area contributed by atoms with Gasteiger partial charge in [-0.15, -0.1) is 0 Å². The third kappa shape index (κ3) is 4.83. The molecule has 34 heavy (non-hydrogen) atoms. The summed E-state index contributed by atoms with van der Waals surface area (Å²) in [7, 11) is 0. The van der Waals surface area contributed by atoms with Crippen LogP contribution in [0.4, 0.5) is 8.78 Å². The number of fused-ring (bicyclic) bond motifs is 1. The monoisotopic (exact) mass is 473 g/mol. The van der Waals surface area contributed by atoms with Crippen LogP contribution in [0, 0.1) is 5.92 Å². The van der Waals surface area contributed by atoms with E-state index in [1.54, 1.807) is 11.0 Å². The predicted octanol–water partition coefficient (Wildman–Crippen LogP) is 4.15. The number of carbonyl (C=O) groups is 2. The Hall–Kier alpha value is -2.48. The summed E-state index contributed by atoms with van der Waals surface area (Å²) >= 11 is 0. The van der Waals surface area contributed by atoms with E-state index < -0.39 is 12.0 Å². The molecule has 5 rings (SSSR count). The Morgan fingerprint density at radius 1 is 1.15 bits per heavy atom. The summed E-state index contributed by atoms with van der Waals surface area (Å²) in [5, 5.41) is 6.34. The van der Waals surface area contributed by atoms with Crippen molar-refractivity contribution in [2.75, 3.05) is 6.54 Å². The Balaban J connectivity index is 1.18. The minimum atomic E-state index is -2.49. The summed E-state index contributed by atoms with van der Waals surface area (Å²) in [6.45, 7) is 4.96. The van der Waals surface area contributed by atoms with Gasteiger partial charge in [-0.25, -0.2) is 8.78 Å². The van der Waals surface area contributed by atoms with Gasteiger partial charge in [0.1, 0.15) is 17.9 Å². The van der Waals surface area contributed by atoms with E-state index in [9.17, 15) is 18.4 Å². The molecule has 2 saturated carbocycles. The number of amides is 2. The van der Waals surface area contributed by atoms with Crippen LogP contribution in [0.5, 0.6) is 5.75 Å². The molecule has 2 aliphatic heterocycles. The zero-order chi connectivity index (χ0) is 23.9. The lowest BCUT2D eigenvalue weighted by molar-refractivity contribution is -0.126. The quantitative estimate of drug-likeness (QED) is 0.651. The molecule has 4 aliphatic rings. The summed E-state index contributed by atoms with van der Waals surface area (Å²) in [6.07, 6.45) is 5.41. The summed E-state index contributed by atoms with van der Waals surface area (Å²) in [4.78, 5) is 27.0. The number of hydrogen-bond acceptors (Lipinski definition) is 4. The number of alkyl halides is 2. The molecule has 0 spiro atoms. The number of allylic oxidation sites excluding steroid dienone is 1. The van der Waals surface area contributed by atoms with E-state index >= 15 is 0 Å². The standard InChI is InChI=1S/C26H33F2N3O3/c1-16-5-8-22(24(32)30-16)31-15-18-13-19(6-7-20(18)25(31)33)34-23-4-2-3-21(23)29-14-17-9-11-26(27,28)12-10-17/h6-7,13,17,21-23,29H,1-5,8-12,14-15H2,(H,30,32)/t21-,22?,23+/m1/s1. The van der Waals surface area contributed by atoms with Crippen molar-refractivity contribution in [2.24, 2.45) is 5.92 Å². The van der Waals surface area contributed by atoms with Crippen molar-refractivity contribution >= 4 is 11.8 Å². The van der Waals surface area contributed by atoms with Crippen molar-refractivity contribution in [3.63, 3.8) is 0 Å². The largest absolute Gasteiger partial charge is 0.489 e. The smallest absolute Gasteiger partial charge is 0.255 e. The van der Waals surface area contributed by atoms with Crippen LogP contribution in [0.1, 0.15) is 73.7 Å². The van der Waals surface area contributed by atoms with Crippen molar-refractivity contribution in [3.8, 4) is 5.75 Å². The maximum absolute atomic E-state index is 13.4. The average molecular weight is 474 g/mol. The molecule has 2 N–H and O–H groups in total. The zero-order valence-corrected chi connectivity index (χ0v) is 19.5. The molecule has 1 unspecified atom stereocenters. The van der Waals surface area contributed by atoms with Gasteiger partial charge in [0, 0.05) is 36.7 Å². The molecule has 3 atom stereocenters. The third-order valence-electron chi connectivity index (χ3n) is 7.85. The van der Waals surface area contributed by atoms with Crippen molar-refractivity contribution in [3.05, 3.63) is 41.6 Å². The van der Waals surface area contributed by atoms with Gasteiger partial charge in [-0.2, -0.15) is 0 Å². The van der Waals surface area contributed by atoms with Crippen LogP contribution >= 0.6 is 0 Å². The molecule has 2 heterocycles. The van der Waals surface area contributed by atoms with E-state index in [1.807, 2.05) is 12.1 Å². The molecule has 0 aromatic heterocycles. The normalized spacial score (nSPS) is 29.3. The van der Waals surface area contributed by atoms with Gasteiger partial charge in [0.25, 0.3) is 5.91 Å². The second-order valence-corrected chi connectivity index (χ2v) is 10.3. The number of benzene rings is 1. The van der Waals surface area contributed by atoms with Gasteiger partial charge < -0.3 is 20.3 Å². The van der Waals surface area contributed by atoms with Gasteiger partial charge in [0.15, 0.2) is 0 Å². The predicted molar refractivity (Wildman–Crippen MR) is 124 cm³/mol. The highest BCUT2D eigenvalue weighted by molar-refractivity contribution is 6.01. The Bertz CT molecular complexity index is 972. The van der Waals surface area contributed by atoms with Gasteiger partial charge in [0.2, 0.25) is 11.8 Å². The lowest BCUT2D eigenvalue weighted by Gasteiger charge is -2.31. The SMILES string of the molecule is C=C1CCC(N2Cc3cc(O[C@H]4CCC[C@H]4NCC4CCC(F)(F)CC4)ccc3C2=O)C(=O)N1. The molecule has 8 heteroatoms. The van der Waals surface area contributed by atoms with E-state index in [0.29, 0.717) is 49.4 Å². The van der Waals surface area contributed by atoms with E-state index in [0.717, 1.165) is 37.1 Å². The fourth-order valence-corrected chi connectivity index (χ4v) is 5.80. The number of hydrogen-bond donors (Lipinski definition) is 2. The Morgan fingerprint density at radius 2 is 1.94 bits per heavy atom. The number of rotatable bonds is 6. The number of carbonyl (C=O) groups excluding carboxylic acids is 2. The molecule has 0 bridgehead atoms. The molecule has 1 aromatic carbocycles. The number of ether oxygens (including phenoxy) is 1. The van der Waals surface area contributed by atoms with Gasteiger partial charge in [-0.1, -0.05) is 6.58 Å². The second kappa shape index (κ2) is 9.29. The number of nitrogens with one attached hydrogen (secondary N) is 2. The molecule has 1 aromatic rings. The molecule has 1 saturated heterocycles. The van der Waals surface area contributed by atoms with Crippen molar-refractivity contribution in [1.82, 2.24) is 15.5 Å². The summed E-state index contributed by atoms with van der Waals surface area (Å²) < 4.78 is 33.2. The molecule has 3 fully saturated rings. The van der Waals surface area contributed by atoms with Gasteiger partial charge in [-0.3, -0.25) is 9.59 Å². The van der Waals surface area contributed by atoms with Crippen molar-refractivity contribution < 1.29 is 23.1 Å². The fraction of sp³-hybridized carbons (Fsp3) is 0.615. The Labute approximate surface area is 199 Å². The van der Waals surface area contributed by atoms with Crippen LogP contribution in [0.3, 0.4) is 0 Å². The molecule has 2 amide bonds. The van der Waals surface area contributed by atoms with Crippen LogP contribution in [0.15, 0.2) is 30.5 Å². The number of piperidine rings is 1. The second-order valence-electron chi connectivity index (χ2n) is 10.3. The Morgan fingerprint density at radius 3 is 2.71 bits per heavy atom. The molecule has 0 radical (unpaired) electrons. The Kier molecular flexibility index (Phi) is 6.35. The average Bonchev–Trinajstić information content (AvgIpc) is 3.37. The van der Waals surface area contributed by atoms with E-state index in [1.165, 1.54) is 0 Å². The minimum Gasteiger partial charge on any atom is -0.489 e. The first-order valence-corrected chi connectivity index (χ1v) is 12.5. The molecule has 2 aliphatic carbocycles. The van der Waals surface area contributed by atoms with E-state index in [4.69, 9.17) is 4.74 Å². The number of halogens is 2. The van der Waals surface area contributed by atoms with Crippen LogP contribution in [0.25, 0.3) is 0 Å². The summed E-state index contributed by atoms with van der Waals surface area (Å²) in [6, 6.07) is 5.28. The fourth-order valence-electron chi connectivity index (χ4n) is 5.80. The first-order valence-electron chi connectivity index (χ1n) is 12.5. The van der Waals surface area contributed by atoms with Gasteiger partial charge in [-0.05, 0) is 81.2 Å². The highest BCUT2D eigenvalue weighted by Gasteiger charge is 2.39. The molecular weight excluding hydrogens is 440 g/mol. The zero-order valence-electron chi connectivity index (χ0n) is 19.5. The topological polar surface area (TPSA) is 70.7 Å². The van der Waals surface area contributed by atoms with Crippen LogP contribution < -0.4 is 15.4 Å². The molecule has 6 nitrogen and oxygen atoms in total. The maximum Gasteiger partial charge on any atom is 0.255 e. The minimum absolute atomic E-state index is 0.00786. The van der Waals surface area contributed by atoms with E-state index in [2.05, 4.69) is 17.2 Å². The van der Waals surface area contributed by atoms with Crippen LogP contribution in [-0.2, 0) is 11.3 Å². The van der Waals surface area contributed by atoms with Crippen LogP contribution in [-0.4, -0.2) is 47.4 Å². The van der Waals surface area contributed by atoms with E-state index in [-0.39, 0.29) is 36.8 Å². The lowest BCUT2D eigenvalue weighted by atomic mass is 9.86. The first kappa shape index (κ1) is 23.3. The summed E-state index contributed by atoms with van der Waals surface area (Å²) in [5.41, 5.74) is 2.20. The van der Waals surface area contributed by atoms with Crippen molar-refractivity contribution in [1.29, 1.82) is 0 Å². The first-order chi connectivity index (χ1) is 16.3. The lowest BCUT2D eigenvalue weighted by Crippen LogP contribution is -2.49. The molecular formula is C26H33F2N3O3. The summed E-state index contributed by atoms with van der Waals surface area (Å²) in [5.74, 6) is -1.75. The maximum atomic E-state index is 13.4. The van der Waals surface area contributed by atoms with Gasteiger partial charge >= 0.3 is 0 Å². The van der Waals surface area contributed by atoms with Crippen molar-refractivity contribution in [2.45, 2.75) is 88.4 Å². The highest BCUT2D eigenvalue weighted by atomic mass is 19.3. The highest BCUT2D eigenvalue weighted by Crippen LogP contribution is 2.36. The third-order valence-corrected chi connectivity index (χ3v) is 7.85. The molecule has 184 valence electrons. The van der Waals surface area contributed by atoms with Crippen LogP contribution in [0.2, 0.25) is 0 Å².